The van der Waals surface area contributed by atoms with Gasteiger partial charge in [0.05, 0.1) is 17.5 Å². The number of esters is 1. The second kappa shape index (κ2) is 6.19. The summed E-state index contributed by atoms with van der Waals surface area (Å²) in [5.41, 5.74) is -1.93. The van der Waals surface area contributed by atoms with Crippen molar-refractivity contribution in [2.75, 3.05) is 13.2 Å². The van der Waals surface area contributed by atoms with E-state index in [1.807, 2.05) is 0 Å². The summed E-state index contributed by atoms with van der Waals surface area (Å²) < 4.78 is 30.8. The van der Waals surface area contributed by atoms with Gasteiger partial charge in [-0.15, -0.1) is 11.3 Å². The van der Waals surface area contributed by atoms with Crippen molar-refractivity contribution in [2.45, 2.75) is 23.7 Å². The summed E-state index contributed by atoms with van der Waals surface area (Å²) in [6.45, 7) is 2.38. The lowest BCUT2D eigenvalue weighted by Gasteiger charge is -2.20. The standard InChI is InChI=1S/C10H14ClNO5S2/c1-3-17-9(13)10(2,14)6-12-19(15,16)8-5-4-7(11)18-8/h4-5,12,14H,3,6H2,1-2H3/t10-/m1/s1. The zero-order valence-corrected chi connectivity index (χ0v) is 12.7. The van der Waals surface area contributed by atoms with Crippen molar-refractivity contribution in [3.05, 3.63) is 16.5 Å². The first-order valence-electron chi connectivity index (χ1n) is 5.33. The summed E-state index contributed by atoms with van der Waals surface area (Å²) >= 11 is 6.53. The van der Waals surface area contributed by atoms with Crippen molar-refractivity contribution in [3.63, 3.8) is 0 Å². The Bertz CT molecular complexity index is 552. The second-order valence-electron chi connectivity index (χ2n) is 3.88. The molecular weight excluding hydrogens is 314 g/mol. The number of aliphatic hydroxyl groups is 1. The number of carbonyl (C=O) groups excluding carboxylic acids is 1. The number of hydrogen-bond donors (Lipinski definition) is 2. The highest BCUT2D eigenvalue weighted by molar-refractivity contribution is 7.91. The van der Waals surface area contributed by atoms with Crippen LogP contribution in [0.3, 0.4) is 0 Å². The van der Waals surface area contributed by atoms with E-state index in [1.165, 1.54) is 19.1 Å². The van der Waals surface area contributed by atoms with Crippen LogP contribution in [0, 0.1) is 0 Å². The largest absolute Gasteiger partial charge is 0.464 e. The first kappa shape index (κ1) is 16.4. The lowest BCUT2D eigenvalue weighted by molar-refractivity contribution is -0.162. The zero-order chi connectivity index (χ0) is 14.7. The molecule has 2 N–H and O–H groups in total. The number of carbonyl (C=O) groups is 1. The average Bonchev–Trinajstić information content (AvgIpc) is 2.75. The molecular formula is C10H14ClNO5S2. The fourth-order valence-corrected chi connectivity index (χ4v) is 3.77. The molecule has 0 aliphatic rings. The predicted molar refractivity (Wildman–Crippen MR) is 71.8 cm³/mol. The van der Waals surface area contributed by atoms with Crippen LogP contribution in [-0.4, -0.2) is 38.2 Å². The minimum atomic E-state index is -3.80. The molecule has 1 rings (SSSR count). The van der Waals surface area contributed by atoms with Crippen LogP contribution in [-0.2, 0) is 19.6 Å². The quantitative estimate of drug-likeness (QED) is 0.760. The number of hydrogen-bond acceptors (Lipinski definition) is 6. The highest BCUT2D eigenvalue weighted by atomic mass is 35.5. The third-order valence-corrected chi connectivity index (χ3v) is 5.26. The van der Waals surface area contributed by atoms with E-state index < -0.39 is 28.1 Å². The molecule has 108 valence electrons. The van der Waals surface area contributed by atoms with Crippen molar-refractivity contribution in [2.24, 2.45) is 0 Å². The van der Waals surface area contributed by atoms with Gasteiger partial charge in [0.25, 0.3) is 0 Å². The Morgan fingerprint density at radius 3 is 2.68 bits per heavy atom. The van der Waals surface area contributed by atoms with E-state index in [0.717, 1.165) is 11.3 Å². The van der Waals surface area contributed by atoms with Crippen molar-refractivity contribution >= 4 is 38.9 Å². The molecule has 19 heavy (non-hydrogen) atoms. The highest BCUT2D eigenvalue weighted by Gasteiger charge is 2.33. The number of sulfonamides is 1. The third kappa shape index (κ3) is 4.43. The Morgan fingerprint density at radius 1 is 1.58 bits per heavy atom. The summed E-state index contributed by atoms with van der Waals surface area (Å²) in [5.74, 6) is -0.887. The zero-order valence-electron chi connectivity index (χ0n) is 10.3. The Labute approximate surface area is 120 Å². The molecule has 6 nitrogen and oxygen atoms in total. The summed E-state index contributed by atoms with van der Waals surface area (Å²) in [7, 11) is -3.80. The van der Waals surface area contributed by atoms with Gasteiger partial charge in [-0.25, -0.2) is 17.9 Å². The van der Waals surface area contributed by atoms with Gasteiger partial charge in [0.2, 0.25) is 10.0 Å². The number of nitrogens with one attached hydrogen (secondary N) is 1. The maximum Gasteiger partial charge on any atom is 0.339 e. The summed E-state index contributed by atoms with van der Waals surface area (Å²) in [6, 6.07) is 2.79. The Balaban J connectivity index is 2.73. The van der Waals surface area contributed by atoms with Gasteiger partial charge in [0.15, 0.2) is 5.60 Å². The Hall–Kier alpha value is -0.670. The van der Waals surface area contributed by atoms with Crippen molar-refractivity contribution in [3.8, 4) is 0 Å². The number of halogens is 1. The van der Waals surface area contributed by atoms with Gasteiger partial charge in [-0.1, -0.05) is 11.6 Å². The van der Waals surface area contributed by atoms with Crippen LogP contribution in [0.5, 0.6) is 0 Å². The van der Waals surface area contributed by atoms with Crippen LogP contribution in [0.4, 0.5) is 0 Å². The molecule has 0 unspecified atom stereocenters. The van der Waals surface area contributed by atoms with Gasteiger partial charge in [-0.2, -0.15) is 0 Å². The topological polar surface area (TPSA) is 92.7 Å². The van der Waals surface area contributed by atoms with Crippen LogP contribution in [0.2, 0.25) is 4.34 Å². The van der Waals surface area contributed by atoms with E-state index in [1.54, 1.807) is 6.92 Å². The van der Waals surface area contributed by atoms with E-state index in [9.17, 15) is 18.3 Å². The van der Waals surface area contributed by atoms with Crippen molar-refractivity contribution in [1.29, 1.82) is 0 Å². The van der Waals surface area contributed by atoms with Gasteiger partial charge >= 0.3 is 5.97 Å². The molecule has 1 aromatic rings. The molecule has 0 radical (unpaired) electrons. The number of rotatable bonds is 6. The molecule has 9 heteroatoms. The molecule has 0 amide bonds. The first-order valence-corrected chi connectivity index (χ1v) is 8.01. The Kier molecular flexibility index (Phi) is 5.34. The van der Waals surface area contributed by atoms with Gasteiger partial charge in [-0.3, -0.25) is 0 Å². The van der Waals surface area contributed by atoms with Crippen LogP contribution >= 0.6 is 22.9 Å². The molecule has 0 aromatic carbocycles. The SMILES string of the molecule is CCOC(=O)[C@](C)(O)CNS(=O)(=O)c1ccc(Cl)s1. The summed E-state index contributed by atoms with van der Waals surface area (Å²) in [6.07, 6.45) is 0. The normalized spacial score (nSPS) is 14.9. The maximum atomic E-state index is 11.9. The molecule has 0 saturated carbocycles. The lowest BCUT2D eigenvalue weighted by atomic mass is 10.1. The fraction of sp³-hybridized carbons (Fsp3) is 0.500. The molecule has 1 heterocycles. The second-order valence-corrected chi connectivity index (χ2v) is 7.59. The van der Waals surface area contributed by atoms with Crippen LogP contribution in [0.15, 0.2) is 16.3 Å². The molecule has 1 aromatic heterocycles. The fourth-order valence-electron chi connectivity index (χ4n) is 1.11. The van der Waals surface area contributed by atoms with Crippen molar-refractivity contribution < 1.29 is 23.1 Å². The minimum absolute atomic E-state index is 0.0113. The molecule has 0 aliphatic carbocycles. The van der Waals surface area contributed by atoms with E-state index >= 15 is 0 Å². The van der Waals surface area contributed by atoms with Crippen LogP contribution in [0.1, 0.15) is 13.8 Å². The third-order valence-electron chi connectivity index (χ3n) is 2.13. The minimum Gasteiger partial charge on any atom is -0.464 e. The smallest absolute Gasteiger partial charge is 0.339 e. The summed E-state index contributed by atoms with van der Waals surface area (Å²) in [5, 5.41) is 9.81. The molecule has 1 atom stereocenters. The van der Waals surface area contributed by atoms with E-state index in [4.69, 9.17) is 11.6 Å². The van der Waals surface area contributed by atoms with Crippen LogP contribution < -0.4 is 4.72 Å². The summed E-state index contributed by atoms with van der Waals surface area (Å²) in [4.78, 5) is 11.4. The lowest BCUT2D eigenvalue weighted by Crippen LogP contribution is -2.47. The molecule has 0 fully saturated rings. The molecule has 0 aliphatic heterocycles. The molecule has 0 spiro atoms. The van der Waals surface area contributed by atoms with Gasteiger partial charge < -0.3 is 9.84 Å². The number of ether oxygens (including phenoxy) is 1. The first-order chi connectivity index (χ1) is 8.69. The van der Waals surface area contributed by atoms with Crippen molar-refractivity contribution in [1.82, 2.24) is 4.72 Å². The average molecular weight is 328 g/mol. The van der Waals surface area contributed by atoms with Gasteiger partial charge in [-0.05, 0) is 26.0 Å². The predicted octanol–water partition coefficient (Wildman–Crippen LogP) is 0.994. The van der Waals surface area contributed by atoms with E-state index in [2.05, 4.69) is 9.46 Å². The van der Waals surface area contributed by atoms with Gasteiger partial charge in [0.1, 0.15) is 4.21 Å². The monoisotopic (exact) mass is 327 g/mol. The maximum absolute atomic E-state index is 11.9. The van der Waals surface area contributed by atoms with Crippen LogP contribution in [0.25, 0.3) is 0 Å². The highest BCUT2D eigenvalue weighted by Crippen LogP contribution is 2.25. The van der Waals surface area contributed by atoms with Gasteiger partial charge in [0, 0.05) is 0 Å². The van der Waals surface area contributed by atoms with E-state index in [-0.39, 0.29) is 10.8 Å². The number of thiophene rings is 1. The Morgan fingerprint density at radius 2 is 2.21 bits per heavy atom. The van der Waals surface area contributed by atoms with E-state index in [0.29, 0.717) is 4.34 Å². The molecule has 0 saturated heterocycles. The molecule has 0 bridgehead atoms.